The van der Waals surface area contributed by atoms with Crippen LogP contribution < -0.4 is 0 Å². The average molecular weight is 113 g/mol. The molecular weight excluding hydrogens is 107 g/mol. The molecule has 0 rings (SSSR count). The molecule has 6 heavy (non-hydrogen) atoms. The molecule has 2 N–H and O–H groups in total. The molecular formula is C2H6NaO2Si. The molecule has 0 saturated heterocycles. The van der Waals surface area contributed by atoms with Crippen LogP contribution in [0.15, 0.2) is 12.3 Å². The Balaban J connectivity index is 0. The van der Waals surface area contributed by atoms with E-state index in [0.29, 0.717) is 0 Å². The predicted molar refractivity (Wildman–Crippen MR) is 27.5 cm³/mol. The standard InChI is InChI=1S/C2H6O2Si.Na/c1-2-5(3)4;/h2-5H,1H2;. The predicted octanol–water partition coefficient (Wildman–Crippen LogP) is -1.46. The minimum atomic E-state index is -2.39. The van der Waals surface area contributed by atoms with Gasteiger partial charge in [-0.3, -0.25) is 0 Å². The van der Waals surface area contributed by atoms with Crippen molar-refractivity contribution >= 4 is 38.8 Å². The van der Waals surface area contributed by atoms with Gasteiger partial charge in [0.05, 0.1) is 0 Å². The second-order valence-corrected chi connectivity index (χ2v) is 1.95. The third-order valence-corrected chi connectivity index (χ3v) is 0.632. The minimum Gasteiger partial charge on any atom is -0.410 e. The largest absolute Gasteiger partial charge is 0.410 e. The normalized spacial score (nSPS) is 7.17. The summed E-state index contributed by atoms with van der Waals surface area (Å²) in [6.45, 7) is 3.12. The van der Waals surface area contributed by atoms with Gasteiger partial charge >= 0.3 is 9.28 Å². The molecule has 0 heterocycles. The molecule has 31 valence electrons. The molecule has 0 unspecified atom stereocenters. The maximum absolute atomic E-state index is 7.94. The Hall–Kier alpha value is 0.877. The van der Waals surface area contributed by atoms with E-state index in [1.807, 2.05) is 0 Å². The zero-order valence-corrected chi connectivity index (χ0v) is 6.91. The molecule has 0 aromatic rings. The Kier molecular flexibility index (Phi) is 9.78. The summed E-state index contributed by atoms with van der Waals surface area (Å²) >= 11 is 0. The van der Waals surface area contributed by atoms with Crippen LogP contribution in [0.1, 0.15) is 0 Å². The second-order valence-electron chi connectivity index (χ2n) is 0.649. The fourth-order valence-electron chi connectivity index (χ4n) is 0. The van der Waals surface area contributed by atoms with Gasteiger partial charge < -0.3 is 9.59 Å². The third-order valence-electron chi connectivity index (χ3n) is 0.211. The van der Waals surface area contributed by atoms with E-state index in [9.17, 15) is 0 Å². The van der Waals surface area contributed by atoms with Crippen molar-refractivity contribution in [3.63, 3.8) is 0 Å². The fraction of sp³-hybridized carbons (Fsp3) is 0. The van der Waals surface area contributed by atoms with Crippen LogP contribution in [-0.2, 0) is 0 Å². The first kappa shape index (κ1) is 9.99. The Morgan fingerprint density at radius 2 is 1.67 bits per heavy atom. The Morgan fingerprint density at radius 3 is 1.67 bits per heavy atom. The molecule has 0 spiro atoms. The van der Waals surface area contributed by atoms with Gasteiger partial charge in [0, 0.05) is 29.6 Å². The van der Waals surface area contributed by atoms with Crippen LogP contribution >= 0.6 is 0 Å². The van der Waals surface area contributed by atoms with Gasteiger partial charge in [0.25, 0.3) is 0 Å². The zero-order valence-electron chi connectivity index (χ0n) is 3.76. The second kappa shape index (κ2) is 5.88. The first-order valence-corrected chi connectivity index (χ1v) is 2.96. The summed E-state index contributed by atoms with van der Waals surface area (Å²) in [4.78, 5) is 15.9. The summed E-state index contributed by atoms with van der Waals surface area (Å²) in [5, 5.41) is 0. The zero-order chi connectivity index (χ0) is 4.28. The maximum Gasteiger partial charge on any atom is 0.342 e. The smallest absolute Gasteiger partial charge is 0.342 e. The van der Waals surface area contributed by atoms with Crippen LogP contribution in [0, 0.1) is 0 Å². The Morgan fingerprint density at radius 1 is 1.50 bits per heavy atom. The summed E-state index contributed by atoms with van der Waals surface area (Å²) < 4.78 is 0. The fourth-order valence-corrected chi connectivity index (χ4v) is 0. The molecule has 0 saturated carbocycles. The van der Waals surface area contributed by atoms with Crippen molar-refractivity contribution in [3.8, 4) is 0 Å². The summed E-state index contributed by atoms with van der Waals surface area (Å²) in [7, 11) is -2.39. The number of hydrogen-bond acceptors (Lipinski definition) is 2. The Labute approximate surface area is 60.6 Å². The van der Waals surface area contributed by atoms with Crippen LogP contribution in [0.5, 0.6) is 0 Å². The summed E-state index contributed by atoms with van der Waals surface area (Å²) in [6, 6.07) is 0. The molecule has 1 radical (unpaired) electrons. The van der Waals surface area contributed by atoms with Crippen molar-refractivity contribution < 1.29 is 9.59 Å². The van der Waals surface area contributed by atoms with E-state index in [0.717, 1.165) is 0 Å². The number of rotatable bonds is 1. The molecule has 0 bridgehead atoms. The SMILES string of the molecule is C=C[SiH](O)O.[Na]. The van der Waals surface area contributed by atoms with E-state index in [1.165, 1.54) is 5.70 Å². The molecule has 0 aliphatic heterocycles. The molecule has 0 amide bonds. The monoisotopic (exact) mass is 113 g/mol. The van der Waals surface area contributed by atoms with E-state index < -0.39 is 9.28 Å². The minimum absolute atomic E-state index is 0. The Bertz CT molecular complexity index is 38.5. The van der Waals surface area contributed by atoms with E-state index in [4.69, 9.17) is 9.59 Å². The van der Waals surface area contributed by atoms with E-state index in [1.54, 1.807) is 0 Å². The summed E-state index contributed by atoms with van der Waals surface area (Å²) in [6.07, 6.45) is 0. The van der Waals surface area contributed by atoms with Gasteiger partial charge in [0.15, 0.2) is 0 Å². The van der Waals surface area contributed by atoms with E-state index >= 15 is 0 Å². The van der Waals surface area contributed by atoms with Gasteiger partial charge in [-0.15, -0.1) is 6.58 Å². The van der Waals surface area contributed by atoms with Gasteiger partial charge in [-0.2, -0.15) is 0 Å². The van der Waals surface area contributed by atoms with Crippen LogP contribution in [0.2, 0.25) is 0 Å². The van der Waals surface area contributed by atoms with Gasteiger partial charge in [0.2, 0.25) is 0 Å². The van der Waals surface area contributed by atoms with E-state index in [-0.39, 0.29) is 29.6 Å². The number of hydrogen-bond donors (Lipinski definition) is 2. The third kappa shape index (κ3) is 8.86. The van der Waals surface area contributed by atoms with Crippen LogP contribution in [-0.4, -0.2) is 48.4 Å². The van der Waals surface area contributed by atoms with Crippen molar-refractivity contribution in [1.82, 2.24) is 0 Å². The van der Waals surface area contributed by atoms with Crippen LogP contribution in [0.3, 0.4) is 0 Å². The van der Waals surface area contributed by atoms with Crippen LogP contribution in [0.25, 0.3) is 0 Å². The van der Waals surface area contributed by atoms with Gasteiger partial charge in [-0.1, -0.05) is 5.70 Å². The molecule has 0 aromatic heterocycles. The van der Waals surface area contributed by atoms with Crippen molar-refractivity contribution in [1.29, 1.82) is 0 Å². The molecule has 0 fully saturated rings. The molecule has 0 aliphatic rings. The van der Waals surface area contributed by atoms with Gasteiger partial charge in [0.1, 0.15) is 0 Å². The van der Waals surface area contributed by atoms with Crippen molar-refractivity contribution in [2.75, 3.05) is 0 Å². The first-order valence-electron chi connectivity index (χ1n) is 1.26. The van der Waals surface area contributed by atoms with Gasteiger partial charge in [-0.05, 0) is 0 Å². The summed E-state index contributed by atoms with van der Waals surface area (Å²) in [5.74, 6) is 0. The van der Waals surface area contributed by atoms with Crippen molar-refractivity contribution in [2.45, 2.75) is 0 Å². The van der Waals surface area contributed by atoms with Crippen molar-refractivity contribution in [2.24, 2.45) is 0 Å². The first-order chi connectivity index (χ1) is 2.27. The molecule has 2 nitrogen and oxygen atoms in total. The molecule has 4 heteroatoms. The topological polar surface area (TPSA) is 40.5 Å². The molecule has 0 aromatic carbocycles. The maximum atomic E-state index is 7.94. The van der Waals surface area contributed by atoms with Crippen molar-refractivity contribution in [3.05, 3.63) is 12.3 Å². The van der Waals surface area contributed by atoms with E-state index in [2.05, 4.69) is 6.58 Å². The average Bonchev–Trinajstić information content (AvgIpc) is 1.38. The molecule has 0 atom stereocenters. The summed E-state index contributed by atoms with van der Waals surface area (Å²) in [5.41, 5.74) is 1.17. The quantitative estimate of drug-likeness (QED) is 0.408. The molecule has 0 aliphatic carbocycles. The van der Waals surface area contributed by atoms with Crippen LogP contribution in [0.4, 0.5) is 0 Å². The van der Waals surface area contributed by atoms with Gasteiger partial charge in [-0.25, -0.2) is 0 Å².